The molecule has 4 nitrogen and oxygen atoms in total. The molecule has 0 N–H and O–H groups in total. The normalized spacial score (nSPS) is 10.8. The van der Waals surface area contributed by atoms with Crippen LogP contribution in [0.3, 0.4) is 0 Å². The number of ether oxygens (including phenoxy) is 1. The highest BCUT2D eigenvalue weighted by atomic mass is 19.1. The first-order valence-corrected chi connectivity index (χ1v) is 13.3. The zero-order chi connectivity index (χ0) is 26.6. The number of amides is 1. The van der Waals surface area contributed by atoms with Crippen LogP contribution in [0.1, 0.15) is 84.2 Å². The summed E-state index contributed by atoms with van der Waals surface area (Å²) in [6.45, 7) is 5.22. The van der Waals surface area contributed by atoms with E-state index < -0.39 is 11.8 Å². The summed E-state index contributed by atoms with van der Waals surface area (Å²) in [7, 11) is 1.22. The van der Waals surface area contributed by atoms with E-state index in [0.29, 0.717) is 17.7 Å². The SMILES string of the molecule is CCCCCCN(Cc1ccc(F)c(C(=O)OC)c1)C(=O)c1ccc(-c2ccc(CCCC)cc2)cc1. The van der Waals surface area contributed by atoms with Crippen LogP contribution >= 0.6 is 0 Å². The van der Waals surface area contributed by atoms with E-state index in [1.807, 2.05) is 24.3 Å². The van der Waals surface area contributed by atoms with Gasteiger partial charge in [-0.25, -0.2) is 9.18 Å². The van der Waals surface area contributed by atoms with E-state index in [-0.39, 0.29) is 18.0 Å². The average molecular weight is 504 g/mol. The highest BCUT2D eigenvalue weighted by molar-refractivity contribution is 5.95. The number of carbonyl (C=O) groups is 2. The molecule has 0 aromatic heterocycles. The lowest BCUT2D eigenvalue weighted by Crippen LogP contribution is -2.31. The molecule has 0 bridgehead atoms. The highest BCUT2D eigenvalue weighted by Gasteiger charge is 2.19. The molecule has 0 saturated heterocycles. The lowest BCUT2D eigenvalue weighted by Gasteiger charge is -2.23. The molecule has 0 heterocycles. The molecule has 3 aromatic rings. The van der Waals surface area contributed by atoms with Crippen LogP contribution in [0.15, 0.2) is 66.7 Å². The Labute approximate surface area is 220 Å². The molecule has 37 heavy (non-hydrogen) atoms. The Hall–Kier alpha value is -3.47. The van der Waals surface area contributed by atoms with Gasteiger partial charge in [0.2, 0.25) is 0 Å². The van der Waals surface area contributed by atoms with Crippen LogP contribution in [0.2, 0.25) is 0 Å². The Bertz CT molecular complexity index is 1160. The number of carbonyl (C=O) groups excluding carboxylic acids is 2. The molecule has 196 valence electrons. The number of benzene rings is 3. The van der Waals surface area contributed by atoms with E-state index in [4.69, 9.17) is 4.74 Å². The van der Waals surface area contributed by atoms with Crippen LogP contribution in [0.5, 0.6) is 0 Å². The van der Waals surface area contributed by atoms with Crippen molar-refractivity contribution in [3.05, 3.63) is 94.8 Å². The summed E-state index contributed by atoms with van der Waals surface area (Å²) in [6, 6.07) is 20.7. The van der Waals surface area contributed by atoms with Gasteiger partial charge in [0.15, 0.2) is 0 Å². The molecule has 0 saturated carbocycles. The van der Waals surface area contributed by atoms with Gasteiger partial charge in [-0.2, -0.15) is 0 Å². The van der Waals surface area contributed by atoms with Crippen LogP contribution in [0, 0.1) is 5.82 Å². The summed E-state index contributed by atoms with van der Waals surface area (Å²) in [5.74, 6) is -1.44. The molecule has 1 amide bonds. The van der Waals surface area contributed by atoms with Crippen LogP contribution < -0.4 is 0 Å². The van der Waals surface area contributed by atoms with Crippen LogP contribution in [-0.2, 0) is 17.7 Å². The number of rotatable bonds is 13. The quantitative estimate of drug-likeness (QED) is 0.176. The van der Waals surface area contributed by atoms with E-state index in [0.717, 1.165) is 43.2 Å². The minimum Gasteiger partial charge on any atom is -0.465 e. The lowest BCUT2D eigenvalue weighted by atomic mass is 10.0. The number of unbranched alkanes of at least 4 members (excludes halogenated alkanes) is 4. The van der Waals surface area contributed by atoms with Gasteiger partial charge in [0.25, 0.3) is 5.91 Å². The van der Waals surface area contributed by atoms with Crippen LogP contribution in [0.25, 0.3) is 11.1 Å². The third-order valence-corrected chi connectivity index (χ3v) is 6.62. The predicted octanol–water partition coefficient (Wildman–Crippen LogP) is 7.84. The summed E-state index contributed by atoms with van der Waals surface area (Å²) < 4.78 is 18.8. The van der Waals surface area contributed by atoms with Gasteiger partial charge in [0.1, 0.15) is 5.82 Å². The van der Waals surface area contributed by atoms with Crippen molar-refractivity contribution in [3.8, 4) is 11.1 Å². The van der Waals surface area contributed by atoms with E-state index in [1.54, 1.807) is 11.0 Å². The van der Waals surface area contributed by atoms with Crippen molar-refractivity contribution in [2.75, 3.05) is 13.7 Å². The zero-order valence-electron chi connectivity index (χ0n) is 22.3. The molecular formula is C32H38FNO3. The second-order valence-electron chi connectivity index (χ2n) is 9.47. The van der Waals surface area contributed by atoms with E-state index in [9.17, 15) is 14.0 Å². The van der Waals surface area contributed by atoms with Gasteiger partial charge in [0, 0.05) is 18.7 Å². The molecule has 0 spiro atoms. The summed E-state index contributed by atoms with van der Waals surface area (Å²) >= 11 is 0. The van der Waals surface area contributed by atoms with Crippen molar-refractivity contribution >= 4 is 11.9 Å². The van der Waals surface area contributed by atoms with E-state index in [2.05, 4.69) is 38.1 Å². The number of hydrogen-bond acceptors (Lipinski definition) is 3. The van der Waals surface area contributed by atoms with Gasteiger partial charge >= 0.3 is 5.97 Å². The van der Waals surface area contributed by atoms with Gasteiger partial charge in [0.05, 0.1) is 12.7 Å². The fraction of sp³-hybridized carbons (Fsp3) is 0.375. The van der Waals surface area contributed by atoms with Gasteiger partial charge in [-0.05, 0) is 65.8 Å². The largest absolute Gasteiger partial charge is 0.465 e. The molecule has 0 atom stereocenters. The van der Waals surface area contributed by atoms with Crippen molar-refractivity contribution in [1.82, 2.24) is 4.90 Å². The summed E-state index contributed by atoms with van der Waals surface area (Å²) in [4.78, 5) is 27.2. The summed E-state index contributed by atoms with van der Waals surface area (Å²) in [6.07, 6.45) is 7.59. The zero-order valence-corrected chi connectivity index (χ0v) is 22.3. The molecule has 5 heteroatoms. The summed E-state index contributed by atoms with van der Waals surface area (Å²) in [5.41, 5.74) is 4.70. The Morgan fingerprint density at radius 3 is 2.03 bits per heavy atom. The van der Waals surface area contributed by atoms with Gasteiger partial charge < -0.3 is 9.64 Å². The molecule has 3 aromatic carbocycles. The topological polar surface area (TPSA) is 46.6 Å². The van der Waals surface area contributed by atoms with Crippen molar-refractivity contribution in [2.45, 2.75) is 65.3 Å². The number of methoxy groups -OCH3 is 1. The number of nitrogens with zero attached hydrogens (tertiary/aromatic N) is 1. The van der Waals surface area contributed by atoms with E-state index in [1.165, 1.54) is 37.6 Å². The maximum atomic E-state index is 14.1. The fourth-order valence-corrected chi connectivity index (χ4v) is 4.37. The van der Waals surface area contributed by atoms with Gasteiger partial charge in [-0.1, -0.05) is 82.0 Å². The minimum absolute atomic E-state index is 0.0816. The van der Waals surface area contributed by atoms with Crippen molar-refractivity contribution < 1.29 is 18.7 Å². The smallest absolute Gasteiger partial charge is 0.340 e. The van der Waals surface area contributed by atoms with Crippen molar-refractivity contribution in [3.63, 3.8) is 0 Å². The van der Waals surface area contributed by atoms with E-state index >= 15 is 0 Å². The fourth-order valence-electron chi connectivity index (χ4n) is 4.37. The maximum absolute atomic E-state index is 14.1. The van der Waals surface area contributed by atoms with Crippen LogP contribution in [0.4, 0.5) is 4.39 Å². The molecule has 0 radical (unpaired) electrons. The number of hydrogen-bond donors (Lipinski definition) is 0. The molecule has 0 fully saturated rings. The van der Waals surface area contributed by atoms with Gasteiger partial charge in [-0.15, -0.1) is 0 Å². The lowest BCUT2D eigenvalue weighted by molar-refractivity contribution is 0.0595. The molecule has 0 aliphatic rings. The monoisotopic (exact) mass is 503 g/mol. The third-order valence-electron chi connectivity index (χ3n) is 6.62. The first-order chi connectivity index (χ1) is 18.0. The number of aryl methyl sites for hydroxylation is 1. The Balaban J connectivity index is 1.77. The maximum Gasteiger partial charge on any atom is 0.340 e. The van der Waals surface area contributed by atoms with Crippen molar-refractivity contribution in [2.24, 2.45) is 0 Å². The van der Waals surface area contributed by atoms with Crippen molar-refractivity contribution in [1.29, 1.82) is 0 Å². The predicted molar refractivity (Wildman–Crippen MR) is 147 cm³/mol. The Morgan fingerprint density at radius 1 is 0.784 bits per heavy atom. The average Bonchev–Trinajstić information content (AvgIpc) is 2.94. The summed E-state index contributed by atoms with van der Waals surface area (Å²) in [5, 5.41) is 0. The molecule has 0 aliphatic heterocycles. The third kappa shape index (κ3) is 8.01. The standard InChI is InChI=1S/C32H38FNO3/c1-4-6-8-9-21-34(23-25-13-20-30(33)29(22-25)32(36)37-3)31(35)28-18-16-27(17-19-28)26-14-11-24(12-15-26)10-7-5-2/h11-20,22H,4-10,21,23H2,1-3H3. The molecule has 3 rings (SSSR count). The first-order valence-electron chi connectivity index (χ1n) is 13.3. The highest BCUT2D eigenvalue weighted by Crippen LogP contribution is 2.23. The van der Waals surface area contributed by atoms with Gasteiger partial charge in [-0.3, -0.25) is 4.79 Å². The minimum atomic E-state index is -0.728. The molecule has 0 aliphatic carbocycles. The second kappa shape index (κ2) is 14.3. The number of halogens is 1. The molecule has 0 unspecified atom stereocenters. The second-order valence-corrected chi connectivity index (χ2v) is 9.47. The molecular weight excluding hydrogens is 465 g/mol. The first kappa shape index (κ1) is 28.1. The Morgan fingerprint density at radius 2 is 1.41 bits per heavy atom. The number of esters is 1. The van der Waals surface area contributed by atoms with Crippen LogP contribution in [-0.4, -0.2) is 30.4 Å². The Kier molecular flexibility index (Phi) is 10.9.